The molecule has 21 heavy (non-hydrogen) atoms. The smallest absolute Gasteiger partial charge is 0.134 e. The lowest BCUT2D eigenvalue weighted by Crippen LogP contribution is -2.06. The molecule has 0 aliphatic rings. The average Bonchev–Trinajstić information content (AvgIpc) is 2.90. The Kier molecular flexibility index (Phi) is 4.00. The standard InChI is InChI=1S/C15H11ClN4S/c16-14-6-15(20-9-19-14)18-4-3-10-1-2-13-12(5-10)11(7-17)8-21-13/h1-2,5-6,8-9H,3-4H2,(H,18,19,20). The Morgan fingerprint density at radius 2 is 2.19 bits per heavy atom. The summed E-state index contributed by atoms with van der Waals surface area (Å²) in [5, 5.41) is 15.6. The second kappa shape index (κ2) is 6.08. The van der Waals surface area contributed by atoms with Crippen molar-refractivity contribution in [3.05, 3.63) is 52.3 Å². The Hall–Kier alpha value is -2.16. The summed E-state index contributed by atoms with van der Waals surface area (Å²) in [6.45, 7) is 0.741. The molecule has 1 aromatic carbocycles. The lowest BCUT2D eigenvalue weighted by atomic mass is 10.1. The first-order valence-corrected chi connectivity index (χ1v) is 7.63. The number of nitrogens with zero attached hydrogens (tertiary/aromatic N) is 3. The van der Waals surface area contributed by atoms with E-state index in [9.17, 15) is 0 Å². The molecule has 0 saturated heterocycles. The third-order valence-electron chi connectivity index (χ3n) is 3.11. The van der Waals surface area contributed by atoms with Crippen LogP contribution in [-0.2, 0) is 6.42 Å². The number of anilines is 1. The van der Waals surface area contributed by atoms with Crippen LogP contribution in [0.2, 0.25) is 5.15 Å². The number of nitriles is 1. The lowest BCUT2D eigenvalue weighted by Gasteiger charge is -2.06. The molecule has 0 spiro atoms. The molecule has 1 N–H and O–H groups in total. The van der Waals surface area contributed by atoms with Gasteiger partial charge in [-0.3, -0.25) is 0 Å². The van der Waals surface area contributed by atoms with Gasteiger partial charge in [-0.25, -0.2) is 9.97 Å². The van der Waals surface area contributed by atoms with Crippen molar-refractivity contribution in [2.45, 2.75) is 6.42 Å². The molecule has 0 unspecified atom stereocenters. The van der Waals surface area contributed by atoms with Crippen molar-refractivity contribution in [1.29, 1.82) is 5.26 Å². The van der Waals surface area contributed by atoms with Crippen LogP contribution in [0.25, 0.3) is 10.1 Å². The fraction of sp³-hybridized carbons (Fsp3) is 0.133. The van der Waals surface area contributed by atoms with E-state index < -0.39 is 0 Å². The molecule has 0 radical (unpaired) electrons. The Labute approximate surface area is 131 Å². The van der Waals surface area contributed by atoms with Gasteiger partial charge in [0.15, 0.2) is 0 Å². The molecule has 0 bridgehead atoms. The first kappa shape index (κ1) is 13.8. The summed E-state index contributed by atoms with van der Waals surface area (Å²) in [5.74, 6) is 0.712. The number of nitrogens with one attached hydrogen (secondary N) is 1. The number of fused-ring (bicyclic) bond motifs is 1. The highest BCUT2D eigenvalue weighted by atomic mass is 35.5. The van der Waals surface area contributed by atoms with Crippen LogP contribution in [0.1, 0.15) is 11.1 Å². The van der Waals surface area contributed by atoms with Crippen LogP contribution in [0.15, 0.2) is 36.0 Å². The van der Waals surface area contributed by atoms with E-state index in [0.717, 1.165) is 28.6 Å². The molecule has 6 heteroatoms. The fourth-order valence-corrected chi connectivity index (χ4v) is 3.10. The lowest BCUT2D eigenvalue weighted by molar-refractivity contribution is 1.00. The van der Waals surface area contributed by atoms with Crippen molar-refractivity contribution in [1.82, 2.24) is 9.97 Å². The molecule has 0 aliphatic carbocycles. The molecule has 3 aromatic rings. The maximum Gasteiger partial charge on any atom is 0.134 e. The number of hydrogen-bond donors (Lipinski definition) is 1. The maximum atomic E-state index is 9.08. The zero-order valence-electron chi connectivity index (χ0n) is 11.0. The highest BCUT2D eigenvalue weighted by Crippen LogP contribution is 2.26. The van der Waals surface area contributed by atoms with Gasteiger partial charge in [-0.1, -0.05) is 17.7 Å². The van der Waals surface area contributed by atoms with Crippen LogP contribution >= 0.6 is 22.9 Å². The predicted octanol–water partition coefficient (Wildman–Crippen LogP) is 3.87. The van der Waals surface area contributed by atoms with E-state index in [0.29, 0.717) is 11.0 Å². The van der Waals surface area contributed by atoms with Crippen LogP contribution in [0, 0.1) is 11.3 Å². The monoisotopic (exact) mass is 314 g/mol. The van der Waals surface area contributed by atoms with E-state index in [2.05, 4.69) is 39.6 Å². The van der Waals surface area contributed by atoms with Gasteiger partial charge in [-0.15, -0.1) is 11.3 Å². The quantitative estimate of drug-likeness (QED) is 0.743. The van der Waals surface area contributed by atoms with E-state index in [1.54, 1.807) is 17.4 Å². The van der Waals surface area contributed by atoms with Crippen molar-refractivity contribution in [3.63, 3.8) is 0 Å². The molecular formula is C15H11ClN4S. The Morgan fingerprint density at radius 3 is 3.00 bits per heavy atom. The van der Waals surface area contributed by atoms with E-state index in [-0.39, 0.29) is 0 Å². The van der Waals surface area contributed by atoms with Crippen molar-refractivity contribution >= 4 is 38.8 Å². The molecule has 0 saturated carbocycles. The summed E-state index contributed by atoms with van der Waals surface area (Å²) >= 11 is 7.41. The number of rotatable bonds is 4. The van der Waals surface area contributed by atoms with Gasteiger partial charge in [0.05, 0.1) is 5.56 Å². The first-order chi connectivity index (χ1) is 10.3. The van der Waals surface area contributed by atoms with Crippen molar-refractivity contribution in [2.75, 3.05) is 11.9 Å². The van der Waals surface area contributed by atoms with Crippen molar-refractivity contribution in [3.8, 4) is 6.07 Å². The summed E-state index contributed by atoms with van der Waals surface area (Å²) in [7, 11) is 0. The van der Waals surface area contributed by atoms with Gasteiger partial charge in [-0.2, -0.15) is 5.26 Å². The Morgan fingerprint density at radius 1 is 1.29 bits per heavy atom. The van der Waals surface area contributed by atoms with Gasteiger partial charge in [0.25, 0.3) is 0 Å². The molecule has 0 amide bonds. The first-order valence-electron chi connectivity index (χ1n) is 6.38. The van der Waals surface area contributed by atoms with Gasteiger partial charge in [0.2, 0.25) is 0 Å². The molecule has 0 fully saturated rings. The van der Waals surface area contributed by atoms with Crippen LogP contribution in [0.5, 0.6) is 0 Å². The van der Waals surface area contributed by atoms with Crippen LogP contribution in [-0.4, -0.2) is 16.5 Å². The average molecular weight is 315 g/mol. The SMILES string of the molecule is N#Cc1csc2ccc(CCNc3cc(Cl)ncn3)cc12. The van der Waals surface area contributed by atoms with Crippen molar-refractivity contribution < 1.29 is 0 Å². The zero-order chi connectivity index (χ0) is 14.7. The van der Waals surface area contributed by atoms with Crippen LogP contribution in [0.3, 0.4) is 0 Å². The third kappa shape index (κ3) is 3.13. The predicted molar refractivity (Wildman–Crippen MR) is 85.8 cm³/mol. The number of halogens is 1. The number of aromatic nitrogens is 2. The van der Waals surface area contributed by atoms with Gasteiger partial charge >= 0.3 is 0 Å². The normalized spacial score (nSPS) is 10.5. The highest BCUT2D eigenvalue weighted by molar-refractivity contribution is 7.17. The van der Waals surface area contributed by atoms with Gasteiger partial charge in [0.1, 0.15) is 23.4 Å². The van der Waals surface area contributed by atoms with Gasteiger partial charge < -0.3 is 5.32 Å². The molecular weight excluding hydrogens is 304 g/mol. The largest absolute Gasteiger partial charge is 0.370 e. The van der Waals surface area contributed by atoms with E-state index >= 15 is 0 Å². The number of thiophene rings is 1. The second-order valence-electron chi connectivity index (χ2n) is 4.49. The highest BCUT2D eigenvalue weighted by Gasteiger charge is 2.04. The molecule has 2 aromatic heterocycles. The number of benzene rings is 1. The zero-order valence-corrected chi connectivity index (χ0v) is 12.6. The van der Waals surface area contributed by atoms with Crippen molar-refractivity contribution in [2.24, 2.45) is 0 Å². The minimum absolute atomic E-state index is 0.422. The number of hydrogen-bond acceptors (Lipinski definition) is 5. The van der Waals surface area contributed by atoms with Gasteiger partial charge in [-0.05, 0) is 24.1 Å². The molecule has 104 valence electrons. The molecule has 3 rings (SSSR count). The van der Waals surface area contributed by atoms with Crippen LogP contribution in [0.4, 0.5) is 5.82 Å². The Bertz CT molecular complexity index is 822. The summed E-state index contributed by atoms with van der Waals surface area (Å²) in [6, 6.07) is 10.2. The minimum atomic E-state index is 0.422. The summed E-state index contributed by atoms with van der Waals surface area (Å²) < 4.78 is 1.14. The van der Waals surface area contributed by atoms with E-state index in [4.69, 9.17) is 16.9 Å². The van der Waals surface area contributed by atoms with Gasteiger partial charge in [0, 0.05) is 28.1 Å². The molecule has 0 aliphatic heterocycles. The minimum Gasteiger partial charge on any atom is -0.370 e. The molecule has 2 heterocycles. The van der Waals surface area contributed by atoms with Crippen LogP contribution < -0.4 is 5.32 Å². The summed E-state index contributed by atoms with van der Waals surface area (Å²) in [6.07, 6.45) is 2.28. The molecule has 4 nitrogen and oxygen atoms in total. The maximum absolute atomic E-state index is 9.08. The van der Waals surface area contributed by atoms with E-state index in [1.165, 1.54) is 11.9 Å². The second-order valence-corrected chi connectivity index (χ2v) is 5.79. The van der Waals surface area contributed by atoms with E-state index in [1.807, 2.05) is 5.38 Å². The molecule has 0 atom stereocenters. The summed E-state index contributed by atoms with van der Waals surface area (Å²) in [5.41, 5.74) is 1.93. The Balaban J connectivity index is 1.69. The summed E-state index contributed by atoms with van der Waals surface area (Å²) in [4.78, 5) is 7.93. The fourth-order valence-electron chi connectivity index (χ4n) is 2.08. The topological polar surface area (TPSA) is 61.6 Å². The third-order valence-corrected chi connectivity index (χ3v) is 4.28.